The molecule has 0 unspecified atom stereocenters. The van der Waals surface area contributed by atoms with Crippen LogP contribution in [-0.4, -0.2) is 36.1 Å². The van der Waals surface area contributed by atoms with Gasteiger partial charge >= 0.3 is 58.8 Å². The number of rotatable bonds is 22. The number of alkyl halides is 12. The van der Waals surface area contributed by atoms with Gasteiger partial charge in [0, 0.05) is 0 Å². The van der Waals surface area contributed by atoms with Crippen molar-refractivity contribution in [2.75, 3.05) is 0 Å². The number of nitrogens with zero attached hydrogens (tertiary/aromatic N) is 4. The molecule has 20 heteroatoms. The third-order valence-corrected chi connectivity index (χ3v) is 23.8. The molecule has 0 saturated carbocycles. The Hall–Kier alpha value is -8.32. The summed E-state index contributed by atoms with van der Waals surface area (Å²) in [6.07, 6.45) is -20.5. The van der Waals surface area contributed by atoms with Crippen LogP contribution in [0.15, 0.2) is 288 Å². The van der Waals surface area contributed by atoms with Crippen molar-refractivity contribution in [3.63, 3.8) is 0 Å². The van der Waals surface area contributed by atoms with Gasteiger partial charge in [-0.1, -0.05) is 326 Å². The molecule has 612 valence electrons. The summed E-state index contributed by atoms with van der Waals surface area (Å²) >= 11 is 0. The molecule has 0 heterocycles. The largest absolute Gasteiger partial charge is 1.00 e. The van der Waals surface area contributed by atoms with Crippen LogP contribution in [0.4, 0.5) is 75.4 Å². The van der Waals surface area contributed by atoms with E-state index in [1.165, 1.54) is 31.8 Å². The van der Waals surface area contributed by atoms with E-state index in [9.17, 15) is 52.7 Å². The predicted octanol–water partition coefficient (Wildman–Crippen LogP) is 28.3. The van der Waals surface area contributed by atoms with Crippen molar-refractivity contribution in [1.82, 2.24) is 0 Å². The molecular formula is C94H102Cu2F12N4P2+2. The van der Waals surface area contributed by atoms with Crippen molar-refractivity contribution < 1.29 is 86.8 Å². The zero-order valence-electron chi connectivity index (χ0n) is 66.9. The Balaban J connectivity index is 0.000000281. The third-order valence-electron chi connectivity index (χ3n) is 18.4. The zero-order chi connectivity index (χ0) is 82.4. The van der Waals surface area contributed by atoms with Gasteiger partial charge in [0.1, 0.15) is 43.3 Å². The first-order chi connectivity index (χ1) is 52.8. The molecule has 114 heavy (non-hydrogen) atoms. The number of allylic oxidation sites excluding steroid dienone is 4. The minimum atomic E-state index is -5.14. The van der Waals surface area contributed by atoms with Gasteiger partial charge in [-0.05, 0) is 155 Å². The Kier molecular flexibility index (Phi) is 37.3. The smallest absolute Gasteiger partial charge is 0.654 e. The SMILES string of the molecule is CC(C)c1cccc(C(C)C)c1N=C(/C=C(\[N-]c1c(C(C)C)cccc1C(C)C)C(F)(F)F)C(F)(F)F.CC(C)c1cccc(C(C)C)c1N=C(/C=C(\[N-]c1c(C(C)C)cccc1C(C)C)C(F)(F)F)C(F)(F)F.[Cu+].[Cu+].c1ccc([PH+](c2ccccc2)c2ccccc2)cc1.c1ccc([PH+](c2ccccc2)c2ccccc2)cc1. The van der Waals surface area contributed by atoms with Crippen LogP contribution < -0.4 is 31.8 Å². The Morgan fingerprint density at radius 3 is 0.561 bits per heavy atom. The summed E-state index contributed by atoms with van der Waals surface area (Å²) < 4.78 is 170. The second-order valence-electron chi connectivity index (χ2n) is 29.6. The minimum Gasteiger partial charge on any atom is -0.654 e. The molecule has 0 aliphatic rings. The number of hydrogen-bond donors (Lipinski definition) is 0. The molecular weight excluding hydrogens is 1600 g/mol. The average molecular weight is 1700 g/mol. The summed E-state index contributed by atoms with van der Waals surface area (Å²) in [5.41, 5.74) is -2.19. The fourth-order valence-electron chi connectivity index (χ4n) is 12.6. The maximum Gasteiger partial charge on any atom is 1.00 e. The van der Waals surface area contributed by atoms with E-state index in [2.05, 4.69) is 203 Å². The first-order valence-electron chi connectivity index (χ1n) is 37.7. The van der Waals surface area contributed by atoms with Crippen molar-refractivity contribution in [3.05, 3.63) is 333 Å². The topological polar surface area (TPSA) is 52.9 Å². The molecule has 0 atom stereocenters. The van der Waals surface area contributed by atoms with Crippen molar-refractivity contribution >= 4 is 81.8 Å². The van der Waals surface area contributed by atoms with E-state index in [0.29, 0.717) is 44.5 Å². The van der Waals surface area contributed by atoms with Gasteiger partial charge in [-0.3, -0.25) is 0 Å². The number of aliphatic imine (C=N–C) groups is 2. The van der Waals surface area contributed by atoms with Crippen molar-refractivity contribution in [1.29, 1.82) is 0 Å². The van der Waals surface area contributed by atoms with Crippen LogP contribution in [0, 0.1) is 0 Å². The third kappa shape index (κ3) is 27.4. The molecule has 10 rings (SSSR count). The quantitative estimate of drug-likeness (QED) is 0.0281. The van der Waals surface area contributed by atoms with E-state index in [-0.39, 0.29) is 116 Å². The summed E-state index contributed by atoms with van der Waals surface area (Å²) in [5, 5.41) is 16.3. The van der Waals surface area contributed by atoms with E-state index in [0.717, 1.165) is 0 Å². The molecule has 0 saturated heterocycles. The van der Waals surface area contributed by atoms with Crippen molar-refractivity contribution in [2.24, 2.45) is 9.98 Å². The van der Waals surface area contributed by atoms with Crippen LogP contribution in [0.25, 0.3) is 10.6 Å². The molecule has 10 aromatic rings. The zero-order valence-corrected chi connectivity index (χ0v) is 70.8. The van der Waals surface area contributed by atoms with E-state index in [1.807, 2.05) is 0 Å². The summed E-state index contributed by atoms with van der Waals surface area (Å²) in [7, 11) is -1.75. The molecule has 0 amide bonds. The molecule has 0 fully saturated rings. The first-order valence-corrected chi connectivity index (χ1v) is 40.7. The van der Waals surface area contributed by atoms with Crippen LogP contribution in [0.3, 0.4) is 0 Å². The van der Waals surface area contributed by atoms with Gasteiger partial charge < -0.3 is 10.6 Å². The fourth-order valence-corrected chi connectivity index (χ4v) is 17.8. The Bertz CT molecular complexity index is 4120. The molecule has 0 N–H and O–H groups in total. The van der Waals surface area contributed by atoms with Gasteiger partial charge in [0.2, 0.25) is 0 Å². The van der Waals surface area contributed by atoms with Gasteiger partial charge in [-0.2, -0.15) is 52.7 Å². The van der Waals surface area contributed by atoms with Gasteiger partial charge in [0.15, 0.2) is 0 Å². The molecule has 0 spiro atoms. The van der Waals surface area contributed by atoms with Crippen LogP contribution in [0.2, 0.25) is 0 Å². The summed E-state index contributed by atoms with van der Waals surface area (Å²) in [6, 6.07) is 85.1. The number of halogens is 12. The summed E-state index contributed by atoms with van der Waals surface area (Å²) in [6.45, 7) is 28.8. The molecule has 0 aliphatic heterocycles. The average Bonchev–Trinajstić information content (AvgIpc) is 0.798. The van der Waals surface area contributed by atoms with E-state index >= 15 is 0 Å². The number of benzene rings is 10. The van der Waals surface area contributed by atoms with Gasteiger partial charge in [0.05, 0.1) is 27.2 Å². The minimum absolute atomic E-state index is 0. The van der Waals surface area contributed by atoms with Crippen LogP contribution in [-0.2, 0) is 34.1 Å². The van der Waals surface area contributed by atoms with E-state index in [4.69, 9.17) is 0 Å². The van der Waals surface area contributed by atoms with Crippen molar-refractivity contribution in [2.45, 2.75) is 183 Å². The monoisotopic (exact) mass is 1700 g/mol. The number of hydrogen-bond acceptors (Lipinski definition) is 2. The molecule has 0 radical (unpaired) electrons. The normalized spacial score (nSPS) is 12.5. The van der Waals surface area contributed by atoms with Gasteiger partial charge in [-0.25, -0.2) is 9.98 Å². The van der Waals surface area contributed by atoms with Crippen LogP contribution in [0.5, 0.6) is 0 Å². The van der Waals surface area contributed by atoms with E-state index in [1.54, 1.807) is 184 Å². The fraction of sp³-hybridized carbons (Fsp3) is 0.298. The Labute approximate surface area is 690 Å². The maximum absolute atomic E-state index is 14.2. The molecule has 0 aliphatic carbocycles. The molecule has 10 aromatic carbocycles. The van der Waals surface area contributed by atoms with E-state index < -0.39 is 63.4 Å². The maximum atomic E-state index is 14.2. The number of para-hydroxylation sites is 4. The second-order valence-corrected chi connectivity index (χ2v) is 34.6. The molecule has 4 nitrogen and oxygen atoms in total. The molecule has 0 bridgehead atoms. The first kappa shape index (κ1) is 96.3. The van der Waals surface area contributed by atoms with Gasteiger partial charge in [-0.15, -0.1) is 11.4 Å². The van der Waals surface area contributed by atoms with Gasteiger partial charge in [0.25, 0.3) is 0 Å². The van der Waals surface area contributed by atoms with Crippen LogP contribution >= 0.6 is 15.8 Å². The Morgan fingerprint density at radius 2 is 0.412 bits per heavy atom. The second kappa shape index (κ2) is 44.1. The predicted molar refractivity (Wildman–Crippen MR) is 452 cm³/mol. The summed E-state index contributed by atoms with van der Waals surface area (Å²) in [5.74, 6) is -1.49. The summed E-state index contributed by atoms with van der Waals surface area (Å²) in [4.78, 5) is 7.68. The Morgan fingerprint density at radius 1 is 0.246 bits per heavy atom. The molecule has 0 aromatic heterocycles. The van der Waals surface area contributed by atoms with Crippen LogP contribution in [0.1, 0.15) is 203 Å². The standard InChI is InChI=1S/2C29H35F6N2.2C18H15P.2Cu/c2*1-16(2)20-11-9-12-21(17(3)4)26(20)36-24(28(30,31)32)15-25(29(33,34)35)37-27-22(18(5)6)13-10-14-23(27)19(7)8;2*1-4-10-16(11-5-1)19(17-12-6-2-7-13-17)18-14-8-3-9-15-18;;/h2*9-19H,1-8H3;2*1-15H;;/q2*-1;;;2*+1/p+2/b2*24-15-,37-25?;;;;. The van der Waals surface area contributed by atoms with Crippen molar-refractivity contribution in [3.8, 4) is 0 Å².